The Kier molecular flexibility index (Phi) is 4.48. The summed E-state index contributed by atoms with van der Waals surface area (Å²) < 4.78 is 5.57. The van der Waals surface area contributed by atoms with Gasteiger partial charge in [0.1, 0.15) is 11.8 Å². The van der Waals surface area contributed by atoms with E-state index in [-0.39, 0.29) is 29.8 Å². The third-order valence-corrected chi connectivity index (χ3v) is 6.58. The van der Waals surface area contributed by atoms with E-state index in [1.165, 1.54) is 25.7 Å². The number of rotatable bonds is 3. The summed E-state index contributed by atoms with van der Waals surface area (Å²) >= 11 is 0. The first-order chi connectivity index (χ1) is 12.1. The number of hydrogen-bond donors (Lipinski definition) is 1. The van der Waals surface area contributed by atoms with Gasteiger partial charge in [0.2, 0.25) is 0 Å². The molecule has 134 valence electrons. The number of carbonyl (C=O) groups is 2. The van der Waals surface area contributed by atoms with Crippen molar-refractivity contribution in [2.24, 2.45) is 29.6 Å². The third-order valence-electron chi connectivity index (χ3n) is 6.58. The molecule has 0 aromatic carbocycles. The van der Waals surface area contributed by atoms with Crippen LogP contribution >= 0.6 is 0 Å². The molecule has 6 unspecified atom stereocenters. The molecule has 2 aliphatic carbocycles. The van der Waals surface area contributed by atoms with E-state index in [1.807, 2.05) is 13.0 Å². The van der Waals surface area contributed by atoms with Crippen LogP contribution in [0.15, 0.2) is 24.4 Å². The zero-order valence-corrected chi connectivity index (χ0v) is 14.7. The van der Waals surface area contributed by atoms with Crippen LogP contribution in [0.5, 0.6) is 0 Å². The maximum Gasteiger partial charge on any atom is 0.309 e. The largest absolute Gasteiger partial charge is 0.462 e. The predicted molar refractivity (Wildman–Crippen MR) is 92.7 cm³/mol. The summed E-state index contributed by atoms with van der Waals surface area (Å²) in [7, 11) is 0. The van der Waals surface area contributed by atoms with Crippen molar-refractivity contribution in [2.75, 3.05) is 6.54 Å². The highest BCUT2D eigenvalue weighted by molar-refractivity contribution is 5.92. The van der Waals surface area contributed by atoms with Crippen LogP contribution in [0.3, 0.4) is 0 Å². The van der Waals surface area contributed by atoms with E-state index < -0.39 is 0 Å². The molecule has 1 N–H and O–H groups in total. The van der Waals surface area contributed by atoms with Crippen molar-refractivity contribution in [1.82, 2.24) is 10.3 Å². The van der Waals surface area contributed by atoms with Crippen molar-refractivity contribution >= 4 is 11.9 Å². The van der Waals surface area contributed by atoms with Gasteiger partial charge in [-0.2, -0.15) is 0 Å². The number of hydrogen-bond acceptors (Lipinski definition) is 4. The first kappa shape index (κ1) is 16.6. The standard InChI is InChI=1S/C20H26N2O3/c1-12-18-15(20(24)25-12)10-13-6-2-3-7-14(13)16(18)11-22-19(23)17-8-4-5-9-21-17/h4-5,8-9,12-16,18H,2-3,6-7,10-11H2,1H3,(H,22,23). The molecule has 3 aliphatic rings. The molecule has 6 atom stereocenters. The second kappa shape index (κ2) is 6.77. The van der Waals surface area contributed by atoms with Gasteiger partial charge in [-0.15, -0.1) is 0 Å². The van der Waals surface area contributed by atoms with Gasteiger partial charge in [0.25, 0.3) is 5.91 Å². The van der Waals surface area contributed by atoms with Crippen molar-refractivity contribution in [1.29, 1.82) is 0 Å². The normalized spacial score (nSPS) is 36.9. The van der Waals surface area contributed by atoms with Gasteiger partial charge in [0, 0.05) is 18.7 Å². The van der Waals surface area contributed by atoms with E-state index in [2.05, 4.69) is 10.3 Å². The van der Waals surface area contributed by atoms with Crippen LogP contribution in [0.2, 0.25) is 0 Å². The van der Waals surface area contributed by atoms with Crippen molar-refractivity contribution in [3.8, 4) is 0 Å². The van der Waals surface area contributed by atoms with E-state index in [4.69, 9.17) is 4.74 Å². The molecule has 1 aliphatic heterocycles. The van der Waals surface area contributed by atoms with Crippen molar-refractivity contribution in [3.05, 3.63) is 30.1 Å². The molecule has 1 amide bonds. The van der Waals surface area contributed by atoms with E-state index in [0.29, 0.717) is 30.0 Å². The van der Waals surface area contributed by atoms with Crippen molar-refractivity contribution in [2.45, 2.75) is 45.1 Å². The smallest absolute Gasteiger partial charge is 0.309 e. The Balaban J connectivity index is 1.52. The second-order valence-corrected chi connectivity index (χ2v) is 7.86. The zero-order valence-electron chi connectivity index (χ0n) is 14.7. The Morgan fingerprint density at radius 3 is 2.96 bits per heavy atom. The number of pyridine rings is 1. The fraction of sp³-hybridized carbons (Fsp3) is 0.650. The summed E-state index contributed by atoms with van der Waals surface area (Å²) in [6, 6.07) is 5.35. The highest BCUT2D eigenvalue weighted by Crippen LogP contribution is 2.52. The van der Waals surface area contributed by atoms with Crippen molar-refractivity contribution < 1.29 is 14.3 Å². The van der Waals surface area contributed by atoms with E-state index in [9.17, 15) is 9.59 Å². The van der Waals surface area contributed by atoms with Gasteiger partial charge in [-0.05, 0) is 49.7 Å². The van der Waals surface area contributed by atoms with Crippen LogP contribution in [0.25, 0.3) is 0 Å². The van der Waals surface area contributed by atoms with Gasteiger partial charge < -0.3 is 10.1 Å². The van der Waals surface area contributed by atoms with Crippen LogP contribution in [0.1, 0.15) is 49.5 Å². The van der Waals surface area contributed by atoms with Crippen molar-refractivity contribution in [3.63, 3.8) is 0 Å². The first-order valence-electron chi connectivity index (χ1n) is 9.55. The lowest BCUT2D eigenvalue weighted by atomic mass is 9.57. The molecular weight excluding hydrogens is 316 g/mol. The minimum absolute atomic E-state index is 0.0195. The van der Waals surface area contributed by atoms with Gasteiger partial charge >= 0.3 is 5.97 Å². The average Bonchev–Trinajstić information content (AvgIpc) is 2.93. The van der Waals surface area contributed by atoms with Crippen LogP contribution in [-0.4, -0.2) is 29.5 Å². The minimum Gasteiger partial charge on any atom is -0.462 e. The molecule has 1 aromatic heterocycles. The number of carbonyl (C=O) groups excluding carboxylic acids is 2. The Morgan fingerprint density at radius 1 is 1.32 bits per heavy atom. The average molecular weight is 342 g/mol. The molecule has 0 radical (unpaired) electrons. The van der Waals surface area contributed by atoms with Gasteiger partial charge in [0.15, 0.2) is 0 Å². The Hall–Kier alpha value is -1.91. The van der Waals surface area contributed by atoms with Gasteiger partial charge in [0.05, 0.1) is 5.92 Å². The summed E-state index contributed by atoms with van der Waals surface area (Å²) in [5.74, 6) is 1.61. The van der Waals surface area contributed by atoms with Crippen LogP contribution in [-0.2, 0) is 9.53 Å². The molecule has 2 saturated carbocycles. The lowest BCUT2D eigenvalue weighted by molar-refractivity contribution is -0.144. The van der Waals surface area contributed by atoms with Gasteiger partial charge in [-0.3, -0.25) is 14.6 Å². The van der Waals surface area contributed by atoms with Crippen LogP contribution in [0, 0.1) is 29.6 Å². The highest BCUT2D eigenvalue weighted by Gasteiger charge is 2.54. The number of nitrogens with zero attached hydrogens (tertiary/aromatic N) is 1. The fourth-order valence-corrected chi connectivity index (χ4v) is 5.52. The molecule has 1 saturated heterocycles. The molecule has 0 bridgehead atoms. The summed E-state index contributed by atoms with van der Waals surface area (Å²) in [6.07, 6.45) is 7.50. The number of amides is 1. The number of ether oxygens (including phenoxy) is 1. The molecule has 3 fully saturated rings. The number of cyclic esters (lactones) is 1. The monoisotopic (exact) mass is 342 g/mol. The van der Waals surface area contributed by atoms with E-state index in [1.54, 1.807) is 18.3 Å². The molecule has 5 nitrogen and oxygen atoms in total. The van der Waals surface area contributed by atoms with Gasteiger partial charge in [-0.25, -0.2) is 0 Å². The fourth-order valence-electron chi connectivity index (χ4n) is 5.52. The topological polar surface area (TPSA) is 68.3 Å². The second-order valence-electron chi connectivity index (χ2n) is 7.86. The summed E-state index contributed by atoms with van der Waals surface area (Å²) in [6.45, 7) is 2.62. The lowest BCUT2D eigenvalue weighted by Crippen LogP contribution is -2.48. The number of aromatic nitrogens is 1. The molecule has 5 heteroatoms. The Morgan fingerprint density at radius 2 is 2.16 bits per heavy atom. The first-order valence-corrected chi connectivity index (χ1v) is 9.55. The molecular formula is C20H26N2O3. The minimum atomic E-state index is -0.132. The SMILES string of the molecule is CC1OC(=O)C2CC3CCCCC3C(CNC(=O)c3ccccn3)C12. The molecule has 1 aromatic rings. The van der Waals surface area contributed by atoms with E-state index in [0.717, 1.165) is 6.42 Å². The Labute approximate surface area is 148 Å². The third kappa shape index (κ3) is 3.05. The highest BCUT2D eigenvalue weighted by atomic mass is 16.6. The maximum atomic E-state index is 12.4. The molecule has 25 heavy (non-hydrogen) atoms. The van der Waals surface area contributed by atoms with E-state index >= 15 is 0 Å². The maximum absolute atomic E-state index is 12.4. The van der Waals surface area contributed by atoms with Gasteiger partial charge in [-0.1, -0.05) is 25.3 Å². The molecule has 4 rings (SSSR count). The number of fused-ring (bicyclic) bond motifs is 2. The molecule has 2 heterocycles. The number of nitrogens with one attached hydrogen (secondary N) is 1. The summed E-state index contributed by atoms with van der Waals surface area (Å²) in [4.78, 5) is 28.8. The van der Waals surface area contributed by atoms with Crippen LogP contribution in [0.4, 0.5) is 0 Å². The quantitative estimate of drug-likeness (QED) is 0.858. The zero-order chi connectivity index (χ0) is 17.4. The predicted octanol–water partition coefficient (Wildman–Crippen LogP) is 2.82. The van der Waals surface area contributed by atoms with Crippen LogP contribution < -0.4 is 5.32 Å². The Bertz CT molecular complexity index is 648. The summed E-state index contributed by atoms with van der Waals surface area (Å²) in [5, 5.41) is 3.08. The number of esters is 1. The lowest BCUT2D eigenvalue weighted by Gasteiger charge is -2.46. The molecule has 0 spiro atoms. The summed E-state index contributed by atoms with van der Waals surface area (Å²) in [5.41, 5.74) is 0.446.